The number of nitrogens with one attached hydrogen (secondary N) is 1. The maximum absolute atomic E-state index is 4.21. The van der Waals surface area contributed by atoms with E-state index in [9.17, 15) is 0 Å². The van der Waals surface area contributed by atoms with Gasteiger partial charge in [-0.15, -0.1) is 16.4 Å². The average molecular weight is 349 g/mol. The van der Waals surface area contributed by atoms with Gasteiger partial charge < -0.3 is 5.32 Å². The molecular formula is C14H13BrN4S. The molecule has 1 unspecified atom stereocenters. The van der Waals surface area contributed by atoms with Crippen molar-refractivity contribution in [2.45, 2.75) is 6.04 Å². The topological polar surface area (TPSA) is 42.7 Å². The van der Waals surface area contributed by atoms with Crippen molar-refractivity contribution in [2.75, 3.05) is 7.05 Å². The lowest BCUT2D eigenvalue weighted by atomic mass is 10.2. The van der Waals surface area contributed by atoms with Gasteiger partial charge in [-0.05, 0) is 47.2 Å². The Kier molecular flexibility index (Phi) is 3.95. The Morgan fingerprint density at radius 2 is 2.00 bits per heavy atom. The van der Waals surface area contributed by atoms with Crippen LogP contribution >= 0.6 is 27.3 Å². The van der Waals surface area contributed by atoms with E-state index in [-0.39, 0.29) is 6.04 Å². The van der Waals surface area contributed by atoms with Crippen LogP contribution in [-0.2, 0) is 0 Å². The monoisotopic (exact) mass is 348 g/mol. The molecule has 0 fully saturated rings. The molecule has 0 amide bonds. The van der Waals surface area contributed by atoms with Gasteiger partial charge in [0.1, 0.15) is 0 Å². The third-order valence-electron chi connectivity index (χ3n) is 3.04. The van der Waals surface area contributed by atoms with Crippen LogP contribution in [0.25, 0.3) is 5.69 Å². The van der Waals surface area contributed by atoms with Gasteiger partial charge in [-0.1, -0.05) is 23.4 Å². The molecule has 20 heavy (non-hydrogen) atoms. The standard InChI is InChI=1S/C14H13BrN4S/c1-16-14(12-7-8-13(15)20-12)11-9-17-18-19(11)10-5-3-2-4-6-10/h2-9,14,16H,1H3. The van der Waals surface area contributed by atoms with Gasteiger partial charge in [-0.25, -0.2) is 4.68 Å². The Bertz CT molecular complexity index is 692. The Labute approximate surface area is 129 Å². The number of hydrogen-bond donors (Lipinski definition) is 1. The first kappa shape index (κ1) is 13.5. The smallest absolute Gasteiger partial charge is 0.0868 e. The summed E-state index contributed by atoms with van der Waals surface area (Å²) >= 11 is 5.22. The summed E-state index contributed by atoms with van der Waals surface area (Å²) in [5.74, 6) is 0. The van der Waals surface area contributed by atoms with Gasteiger partial charge in [0.15, 0.2) is 0 Å². The predicted molar refractivity (Wildman–Crippen MR) is 84.3 cm³/mol. The van der Waals surface area contributed by atoms with Gasteiger partial charge >= 0.3 is 0 Å². The molecule has 1 N–H and O–H groups in total. The molecule has 3 rings (SSSR count). The van der Waals surface area contributed by atoms with E-state index in [4.69, 9.17) is 0 Å². The highest BCUT2D eigenvalue weighted by Crippen LogP contribution is 2.31. The Balaban J connectivity index is 2.04. The van der Waals surface area contributed by atoms with Crippen molar-refractivity contribution in [3.05, 3.63) is 63.0 Å². The normalized spacial score (nSPS) is 12.5. The predicted octanol–water partition coefficient (Wildman–Crippen LogP) is 3.40. The van der Waals surface area contributed by atoms with Crippen molar-refractivity contribution in [3.63, 3.8) is 0 Å². The first-order valence-electron chi connectivity index (χ1n) is 6.18. The van der Waals surface area contributed by atoms with E-state index in [1.54, 1.807) is 11.3 Å². The number of benzene rings is 1. The number of thiophene rings is 1. The van der Waals surface area contributed by atoms with Gasteiger partial charge in [-0.2, -0.15) is 0 Å². The lowest BCUT2D eigenvalue weighted by molar-refractivity contribution is 0.642. The highest BCUT2D eigenvalue weighted by atomic mass is 79.9. The van der Waals surface area contributed by atoms with Gasteiger partial charge in [0.05, 0.1) is 27.4 Å². The summed E-state index contributed by atoms with van der Waals surface area (Å²) in [6.07, 6.45) is 1.81. The highest BCUT2D eigenvalue weighted by Gasteiger charge is 2.19. The van der Waals surface area contributed by atoms with E-state index >= 15 is 0 Å². The van der Waals surface area contributed by atoms with Crippen molar-refractivity contribution < 1.29 is 0 Å². The van der Waals surface area contributed by atoms with Crippen LogP contribution < -0.4 is 5.32 Å². The largest absolute Gasteiger partial charge is 0.307 e. The van der Waals surface area contributed by atoms with Crippen LogP contribution in [-0.4, -0.2) is 22.0 Å². The molecule has 0 aliphatic carbocycles. The molecule has 0 radical (unpaired) electrons. The zero-order chi connectivity index (χ0) is 13.9. The molecule has 1 atom stereocenters. The summed E-state index contributed by atoms with van der Waals surface area (Å²) in [6, 6.07) is 14.3. The van der Waals surface area contributed by atoms with Crippen LogP contribution in [0.4, 0.5) is 0 Å². The fraction of sp³-hybridized carbons (Fsp3) is 0.143. The summed E-state index contributed by atoms with van der Waals surface area (Å²) in [6.45, 7) is 0. The van der Waals surface area contributed by atoms with E-state index in [0.717, 1.165) is 15.2 Å². The molecule has 0 aliphatic rings. The molecule has 0 aliphatic heterocycles. The zero-order valence-corrected chi connectivity index (χ0v) is 13.2. The molecule has 0 spiro atoms. The molecule has 1 aromatic carbocycles. The lowest BCUT2D eigenvalue weighted by Crippen LogP contribution is -2.20. The zero-order valence-electron chi connectivity index (χ0n) is 10.8. The van der Waals surface area contributed by atoms with Gasteiger partial charge in [-0.3, -0.25) is 0 Å². The molecule has 2 aromatic heterocycles. The van der Waals surface area contributed by atoms with Crippen LogP contribution in [0.2, 0.25) is 0 Å². The Morgan fingerprint density at radius 1 is 1.20 bits per heavy atom. The van der Waals surface area contributed by atoms with Crippen LogP contribution in [0.5, 0.6) is 0 Å². The summed E-state index contributed by atoms with van der Waals surface area (Å²) in [7, 11) is 1.95. The van der Waals surface area contributed by atoms with Gasteiger partial charge in [0.2, 0.25) is 0 Å². The molecule has 2 heterocycles. The molecule has 6 heteroatoms. The third kappa shape index (κ3) is 2.54. The van der Waals surface area contributed by atoms with Gasteiger partial charge in [0.25, 0.3) is 0 Å². The highest BCUT2D eigenvalue weighted by molar-refractivity contribution is 9.11. The summed E-state index contributed by atoms with van der Waals surface area (Å²) in [4.78, 5) is 1.22. The molecule has 0 saturated carbocycles. The molecule has 102 valence electrons. The van der Waals surface area contributed by atoms with Crippen LogP contribution in [0, 0.1) is 0 Å². The van der Waals surface area contributed by atoms with Gasteiger partial charge in [0, 0.05) is 4.88 Å². The number of halogens is 1. The fourth-order valence-electron chi connectivity index (χ4n) is 2.13. The second kappa shape index (κ2) is 5.87. The van der Waals surface area contributed by atoms with E-state index in [0.29, 0.717) is 0 Å². The Morgan fingerprint density at radius 3 is 2.65 bits per heavy atom. The van der Waals surface area contributed by atoms with Crippen molar-refractivity contribution in [2.24, 2.45) is 0 Å². The number of aromatic nitrogens is 3. The first-order chi connectivity index (χ1) is 9.79. The maximum Gasteiger partial charge on any atom is 0.0868 e. The number of nitrogens with zero attached hydrogens (tertiary/aromatic N) is 3. The number of rotatable bonds is 4. The number of para-hydroxylation sites is 1. The molecule has 4 nitrogen and oxygen atoms in total. The fourth-order valence-corrected chi connectivity index (χ4v) is 3.68. The second-order valence-electron chi connectivity index (χ2n) is 4.27. The second-order valence-corrected chi connectivity index (χ2v) is 6.76. The quantitative estimate of drug-likeness (QED) is 0.785. The third-order valence-corrected chi connectivity index (χ3v) is 4.73. The Hall–Kier alpha value is -1.50. The SMILES string of the molecule is CNC(c1ccc(Br)s1)c1cnnn1-c1ccccc1. The minimum Gasteiger partial charge on any atom is -0.307 e. The van der Waals surface area contributed by atoms with Crippen LogP contribution in [0.15, 0.2) is 52.4 Å². The van der Waals surface area contributed by atoms with Crippen molar-refractivity contribution >= 4 is 27.3 Å². The lowest BCUT2D eigenvalue weighted by Gasteiger charge is -2.15. The molecule has 3 aromatic rings. The summed E-state index contributed by atoms with van der Waals surface area (Å²) in [5.41, 5.74) is 2.03. The molecule has 0 bridgehead atoms. The van der Waals surface area contributed by atoms with E-state index < -0.39 is 0 Å². The average Bonchev–Trinajstić information content (AvgIpc) is 3.11. The molecular weight excluding hydrogens is 336 g/mol. The van der Waals surface area contributed by atoms with Crippen molar-refractivity contribution in [3.8, 4) is 5.69 Å². The van der Waals surface area contributed by atoms with E-state index in [1.807, 2.05) is 48.3 Å². The van der Waals surface area contributed by atoms with E-state index in [2.05, 4.69) is 43.7 Å². The maximum atomic E-state index is 4.21. The van der Waals surface area contributed by atoms with Crippen LogP contribution in [0.3, 0.4) is 0 Å². The van der Waals surface area contributed by atoms with Crippen molar-refractivity contribution in [1.29, 1.82) is 0 Å². The summed E-state index contributed by atoms with van der Waals surface area (Å²) in [5, 5.41) is 11.6. The van der Waals surface area contributed by atoms with Crippen LogP contribution in [0.1, 0.15) is 16.6 Å². The summed E-state index contributed by atoms with van der Waals surface area (Å²) < 4.78 is 2.99. The number of hydrogen-bond acceptors (Lipinski definition) is 4. The van der Waals surface area contributed by atoms with Crippen molar-refractivity contribution in [1.82, 2.24) is 20.3 Å². The van der Waals surface area contributed by atoms with E-state index in [1.165, 1.54) is 4.88 Å². The first-order valence-corrected chi connectivity index (χ1v) is 7.79. The minimum atomic E-state index is 0.0708. The minimum absolute atomic E-state index is 0.0708. The molecule has 0 saturated heterocycles.